The van der Waals surface area contributed by atoms with Crippen LogP contribution in [0, 0.1) is 5.41 Å². The first-order valence-electron chi connectivity index (χ1n) is 10.0. The van der Waals surface area contributed by atoms with Gasteiger partial charge in [-0.2, -0.15) is 0 Å². The van der Waals surface area contributed by atoms with E-state index in [1.54, 1.807) is 0 Å². The monoisotopic (exact) mass is 412 g/mol. The highest BCUT2D eigenvalue weighted by Gasteiger charge is 2.35. The molecule has 0 saturated carbocycles. The molecule has 0 unspecified atom stereocenters. The zero-order chi connectivity index (χ0) is 20.5. The Labute approximate surface area is 172 Å². The molecule has 0 aromatic heterocycles. The number of hydrogen-bond donors (Lipinski definition) is 0. The molecule has 0 aliphatic rings. The summed E-state index contributed by atoms with van der Waals surface area (Å²) in [5.74, 6) is -0.110. The Hall–Kier alpha value is -1.96. The lowest BCUT2D eigenvalue weighted by Gasteiger charge is -2.30. The highest BCUT2D eigenvalue weighted by molar-refractivity contribution is 7.03. The molecule has 0 fully saturated rings. The largest absolute Gasteiger partial charge is 0.465 e. The van der Waals surface area contributed by atoms with E-state index >= 15 is 0 Å². The van der Waals surface area contributed by atoms with E-state index in [9.17, 15) is 4.79 Å². The second-order valence-electron chi connectivity index (χ2n) is 7.60. The maximum atomic E-state index is 12.1. The molecule has 2 aromatic carbocycles. The zero-order valence-corrected chi connectivity index (χ0v) is 19.7. The molecule has 0 heterocycles. The first-order valence-corrected chi connectivity index (χ1v) is 13.6. The van der Waals surface area contributed by atoms with E-state index in [-0.39, 0.29) is 5.97 Å². The predicted octanol–water partition coefficient (Wildman–Crippen LogP) is 3.36. The molecule has 150 valence electrons. The molecule has 0 bridgehead atoms. The van der Waals surface area contributed by atoms with E-state index in [1.807, 2.05) is 38.6 Å². The molecular formula is C23H32O3Si2. The Kier molecular flexibility index (Phi) is 8.42. The van der Waals surface area contributed by atoms with Crippen LogP contribution in [0.2, 0.25) is 6.04 Å². The van der Waals surface area contributed by atoms with Crippen molar-refractivity contribution in [2.24, 2.45) is 5.41 Å². The summed E-state index contributed by atoms with van der Waals surface area (Å²) >= 11 is 0. The van der Waals surface area contributed by atoms with Gasteiger partial charge in [0.1, 0.15) is 9.76 Å². The van der Waals surface area contributed by atoms with Crippen molar-refractivity contribution in [3.8, 4) is 0 Å². The molecule has 28 heavy (non-hydrogen) atoms. The summed E-state index contributed by atoms with van der Waals surface area (Å²) < 4.78 is 12.1. The molecule has 0 radical (unpaired) electrons. The van der Waals surface area contributed by atoms with Crippen molar-refractivity contribution < 1.29 is 13.6 Å². The Bertz CT molecular complexity index is 705. The van der Waals surface area contributed by atoms with Gasteiger partial charge in [-0.1, -0.05) is 73.3 Å². The molecule has 0 amide bonds. The van der Waals surface area contributed by atoms with E-state index < -0.39 is 23.5 Å². The van der Waals surface area contributed by atoms with Gasteiger partial charge >= 0.3 is 5.97 Å². The van der Waals surface area contributed by atoms with Crippen LogP contribution >= 0.6 is 0 Å². The van der Waals surface area contributed by atoms with Crippen LogP contribution in [0.1, 0.15) is 33.6 Å². The molecule has 2 aromatic rings. The summed E-state index contributed by atoms with van der Waals surface area (Å²) in [4.78, 5) is 12.1. The molecular weight excluding hydrogens is 380 g/mol. The average molecular weight is 413 g/mol. The van der Waals surface area contributed by atoms with Gasteiger partial charge < -0.3 is 8.85 Å². The average Bonchev–Trinajstić information content (AvgIpc) is 2.74. The number of carbonyl (C=O) groups is 1. The van der Waals surface area contributed by atoms with Gasteiger partial charge in [0, 0.05) is 0 Å². The smallest absolute Gasteiger partial charge is 0.311 e. The summed E-state index contributed by atoms with van der Waals surface area (Å²) in [7, 11) is -3.20. The van der Waals surface area contributed by atoms with Crippen LogP contribution in [0.15, 0.2) is 72.9 Å². The number of rotatable bonds is 11. The van der Waals surface area contributed by atoms with Crippen molar-refractivity contribution in [2.45, 2.75) is 39.7 Å². The van der Waals surface area contributed by atoms with Crippen LogP contribution < -0.4 is 10.4 Å². The standard InChI is InChI=1S/C23H32O3Si2/c1-5-23(3,4)22(24)25-18-13-19-27-26-28(6-2,20-14-9-7-10-15-20)21-16-11-8-12-17-21/h6-12,14-17H,2,5,13,18-19,27H2,1,3-4H3. The summed E-state index contributed by atoms with van der Waals surface area (Å²) in [6.45, 7) is 10.5. The van der Waals surface area contributed by atoms with Gasteiger partial charge in [0.25, 0.3) is 8.32 Å². The topological polar surface area (TPSA) is 35.5 Å². The summed E-state index contributed by atoms with van der Waals surface area (Å²) in [6, 6.07) is 21.8. The van der Waals surface area contributed by atoms with Gasteiger partial charge in [-0.05, 0) is 43.1 Å². The molecule has 0 atom stereocenters. The highest BCUT2D eigenvalue weighted by Crippen LogP contribution is 2.21. The Morgan fingerprint density at radius 3 is 2.07 bits per heavy atom. The van der Waals surface area contributed by atoms with Crippen LogP contribution in [0.5, 0.6) is 0 Å². The second kappa shape index (κ2) is 10.6. The second-order valence-corrected chi connectivity index (χ2v) is 12.9. The van der Waals surface area contributed by atoms with Gasteiger partial charge in [0.05, 0.1) is 12.0 Å². The van der Waals surface area contributed by atoms with Crippen molar-refractivity contribution in [1.29, 1.82) is 0 Å². The molecule has 0 saturated heterocycles. The quantitative estimate of drug-likeness (QED) is 0.322. The van der Waals surface area contributed by atoms with E-state index in [2.05, 4.69) is 55.1 Å². The fourth-order valence-electron chi connectivity index (χ4n) is 2.94. The third kappa shape index (κ3) is 5.53. The number of ether oxygens (including phenoxy) is 1. The summed E-state index contributed by atoms with van der Waals surface area (Å²) in [5.41, 5.74) is 1.63. The first-order chi connectivity index (χ1) is 13.5. The third-order valence-electron chi connectivity index (χ3n) is 5.23. The van der Waals surface area contributed by atoms with Crippen molar-refractivity contribution in [2.75, 3.05) is 6.61 Å². The van der Waals surface area contributed by atoms with Gasteiger partial charge in [0.15, 0.2) is 0 Å². The van der Waals surface area contributed by atoms with E-state index in [0.717, 1.165) is 18.9 Å². The third-order valence-corrected chi connectivity index (χ3v) is 11.6. The van der Waals surface area contributed by atoms with E-state index in [0.29, 0.717) is 6.61 Å². The molecule has 2 rings (SSSR count). The van der Waals surface area contributed by atoms with E-state index in [4.69, 9.17) is 8.85 Å². The number of benzene rings is 2. The lowest BCUT2D eigenvalue weighted by atomic mass is 9.91. The Morgan fingerprint density at radius 2 is 1.61 bits per heavy atom. The maximum absolute atomic E-state index is 12.1. The van der Waals surface area contributed by atoms with Crippen LogP contribution in [0.25, 0.3) is 0 Å². The van der Waals surface area contributed by atoms with Gasteiger partial charge in [-0.3, -0.25) is 4.79 Å². The van der Waals surface area contributed by atoms with Crippen LogP contribution in [-0.2, 0) is 13.6 Å². The van der Waals surface area contributed by atoms with Crippen molar-refractivity contribution in [3.63, 3.8) is 0 Å². The number of esters is 1. The molecule has 0 spiro atoms. The van der Waals surface area contributed by atoms with Crippen LogP contribution in [-0.4, -0.2) is 30.7 Å². The highest BCUT2D eigenvalue weighted by atomic mass is 28.4. The van der Waals surface area contributed by atoms with Crippen molar-refractivity contribution >= 4 is 34.4 Å². The van der Waals surface area contributed by atoms with E-state index in [1.165, 1.54) is 10.4 Å². The SMILES string of the molecule is C=C[Si](O[SiH2]CCCOC(=O)C(C)(C)CC)(c1ccccc1)c1ccccc1. The number of hydrogen-bond acceptors (Lipinski definition) is 3. The molecule has 3 nitrogen and oxygen atoms in total. The van der Waals surface area contributed by atoms with Gasteiger partial charge in [0.2, 0.25) is 0 Å². The predicted molar refractivity (Wildman–Crippen MR) is 122 cm³/mol. The lowest BCUT2D eigenvalue weighted by molar-refractivity contribution is -0.154. The van der Waals surface area contributed by atoms with Gasteiger partial charge in [-0.25, -0.2) is 0 Å². The maximum Gasteiger partial charge on any atom is 0.311 e. The normalized spacial score (nSPS) is 12.2. The lowest BCUT2D eigenvalue weighted by Crippen LogP contribution is -2.60. The minimum atomic E-state index is -2.42. The van der Waals surface area contributed by atoms with Crippen LogP contribution in [0.4, 0.5) is 0 Å². The van der Waals surface area contributed by atoms with Crippen molar-refractivity contribution in [1.82, 2.24) is 0 Å². The fraction of sp³-hybridized carbons (Fsp3) is 0.348. The Morgan fingerprint density at radius 1 is 1.07 bits per heavy atom. The fourth-order valence-corrected chi connectivity index (χ4v) is 9.20. The Balaban J connectivity index is 1.98. The summed E-state index contributed by atoms with van der Waals surface area (Å²) in [5, 5.41) is 2.44. The molecule has 0 N–H and O–H groups in total. The molecule has 0 aliphatic heterocycles. The van der Waals surface area contributed by atoms with Gasteiger partial charge in [-0.15, -0.1) is 6.58 Å². The summed E-state index contributed by atoms with van der Waals surface area (Å²) in [6.07, 6.45) is 1.63. The molecule has 0 aliphatic carbocycles. The zero-order valence-electron chi connectivity index (χ0n) is 17.3. The first kappa shape index (κ1) is 22.3. The minimum absolute atomic E-state index is 0.110. The molecule has 5 heteroatoms. The minimum Gasteiger partial charge on any atom is -0.465 e. The van der Waals surface area contributed by atoms with Crippen LogP contribution in [0.3, 0.4) is 0 Å². The number of carbonyl (C=O) groups excluding carboxylic acids is 1. The van der Waals surface area contributed by atoms with Crippen molar-refractivity contribution in [3.05, 3.63) is 72.9 Å².